The van der Waals surface area contributed by atoms with E-state index >= 15 is 0 Å². The average Bonchev–Trinajstić information content (AvgIpc) is 2.98. The van der Waals surface area contributed by atoms with Crippen LogP contribution in [0.2, 0.25) is 0 Å². The average molecular weight is 267 g/mol. The molecule has 0 unspecified atom stereocenters. The highest BCUT2D eigenvalue weighted by molar-refractivity contribution is 5.61. The molecule has 0 aliphatic rings. The Hall–Kier alpha value is -3.02. The highest BCUT2D eigenvalue weighted by Crippen LogP contribution is 2.24. The van der Waals surface area contributed by atoms with E-state index in [2.05, 4.69) is 10.1 Å². The lowest BCUT2D eigenvalue weighted by Crippen LogP contribution is -1.88. The number of rotatable bonds is 3. The van der Waals surface area contributed by atoms with Crippen molar-refractivity contribution >= 4 is 5.69 Å². The third kappa shape index (κ3) is 2.26. The maximum atomic E-state index is 10.8. The van der Waals surface area contributed by atoms with Crippen LogP contribution in [0.1, 0.15) is 0 Å². The van der Waals surface area contributed by atoms with Gasteiger partial charge in [0.05, 0.1) is 4.92 Å². The van der Waals surface area contributed by atoms with Crippen LogP contribution in [0.4, 0.5) is 5.69 Å². The molecule has 0 N–H and O–H groups in total. The highest BCUT2D eigenvalue weighted by atomic mass is 16.6. The van der Waals surface area contributed by atoms with Crippen molar-refractivity contribution in [3.8, 4) is 22.8 Å². The molecule has 2 aromatic carbocycles. The van der Waals surface area contributed by atoms with E-state index < -0.39 is 4.92 Å². The highest BCUT2D eigenvalue weighted by Gasteiger charge is 2.13. The summed E-state index contributed by atoms with van der Waals surface area (Å²) in [7, 11) is 0. The molecule has 3 aromatic rings. The van der Waals surface area contributed by atoms with Crippen molar-refractivity contribution in [3.63, 3.8) is 0 Å². The van der Waals surface area contributed by atoms with Crippen LogP contribution in [0.5, 0.6) is 0 Å². The van der Waals surface area contributed by atoms with Gasteiger partial charge in [0.1, 0.15) is 0 Å². The number of nitrogens with zero attached hydrogens (tertiary/aromatic N) is 3. The van der Waals surface area contributed by atoms with E-state index in [-0.39, 0.29) is 5.69 Å². The smallest absolute Gasteiger partial charge is 0.270 e. The van der Waals surface area contributed by atoms with E-state index in [0.717, 1.165) is 5.56 Å². The Morgan fingerprint density at radius 2 is 1.75 bits per heavy atom. The summed E-state index contributed by atoms with van der Waals surface area (Å²) in [5.74, 6) is 0.708. The normalized spacial score (nSPS) is 10.4. The topological polar surface area (TPSA) is 82.1 Å². The summed E-state index contributed by atoms with van der Waals surface area (Å²) in [6, 6.07) is 15.5. The van der Waals surface area contributed by atoms with Crippen molar-refractivity contribution < 1.29 is 9.45 Å². The van der Waals surface area contributed by atoms with Gasteiger partial charge in [-0.3, -0.25) is 10.1 Å². The maximum absolute atomic E-state index is 10.8. The summed E-state index contributed by atoms with van der Waals surface area (Å²) in [4.78, 5) is 14.5. The standard InChI is InChI=1S/C14H9N3O3/c18-17(19)12-8-4-7-11(9-12)13-15-14(20-16-13)10-5-2-1-3-6-10/h1-9H. The fraction of sp³-hybridized carbons (Fsp3) is 0. The molecular formula is C14H9N3O3. The van der Waals surface area contributed by atoms with Crippen LogP contribution in [0.3, 0.4) is 0 Å². The van der Waals surface area contributed by atoms with Crippen LogP contribution in [0, 0.1) is 10.1 Å². The van der Waals surface area contributed by atoms with Crippen LogP contribution in [0.15, 0.2) is 59.1 Å². The number of benzene rings is 2. The van der Waals surface area contributed by atoms with Crippen molar-refractivity contribution in [3.05, 3.63) is 64.7 Å². The van der Waals surface area contributed by atoms with Crippen LogP contribution < -0.4 is 0 Å². The minimum Gasteiger partial charge on any atom is -0.334 e. The summed E-state index contributed by atoms with van der Waals surface area (Å²) in [6.45, 7) is 0. The number of nitro groups is 1. The minimum atomic E-state index is -0.457. The van der Waals surface area contributed by atoms with Crippen molar-refractivity contribution in [1.82, 2.24) is 10.1 Å². The second kappa shape index (κ2) is 4.93. The Morgan fingerprint density at radius 3 is 2.50 bits per heavy atom. The van der Waals surface area contributed by atoms with Crippen LogP contribution >= 0.6 is 0 Å². The van der Waals surface area contributed by atoms with Crippen LogP contribution in [-0.2, 0) is 0 Å². The Kier molecular flexibility index (Phi) is 2.96. The van der Waals surface area contributed by atoms with Crippen molar-refractivity contribution in [1.29, 1.82) is 0 Å². The van der Waals surface area contributed by atoms with Gasteiger partial charge < -0.3 is 4.52 Å². The molecule has 0 spiro atoms. The van der Waals surface area contributed by atoms with Gasteiger partial charge in [-0.15, -0.1) is 0 Å². The zero-order valence-corrected chi connectivity index (χ0v) is 10.3. The zero-order valence-electron chi connectivity index (χ0n) is 10.3. The molecule has 1 aromatic heterocycles. The molecule has 0 fully saturated rings. The second-order valence-corrected chi connectivity index (χ2v) is 4.10. The number of non-ortho nitro benzene ring substituents is 1. The molecule has 1 heterocycles. The van der Waals surface area contributed by atoms with Gasteiger partial charge in [-0.25, -0.2) is 0 Å². The van der Waals surface area contributed by atoms with Crippen molar-refractivity contribution in [2.75, 3.05) is 0 Å². The fourth-order valence-corrected chi connectivity index (χ4v) is 1.80. The SMILES string of the molecule is O=[N+]([O-])c1cccc(-c2noc(-c3ccccc3)n2)c1. The van der Waals surface area contributed by atoms with Crippen LogP contribution in [0.25, 0.3) is 22.8 Å². The van der Waals surface area contributed by atoms with E-state index in [1.807, 2.05) is 30.3 Å². The molecule has 0 aliphatic carbocycles. The van der Waals surface area contributed by atoms with Gasteiger partial charge in [-0.1, -0.05) is 35.5 Å². The molecule has 3 rings (SSSR count). The Labute approximate surface area is 113 Å². The Morgan fingerprint density at radius 1 is 1.00 bits per heavy atom. The maximum Gasteiger partial charge on any atom is 0.270 e. The van der Waals surface area contributed by atoms with Crippen molar-refractivity contribution in [2.45, 2.75) is 0 Å². The summed E-state index contributed by atoms with van der Waals surface area (Å²) in [6.07, 6.45) is 0. The summed E-state index contributed by atoms with van der Waals surface area (Å²) >= 11 is 0. The molecule has 6 nitrogen and oxygen atoms in total. The predicted molar refractivity (Wildman–Crippen MR) is 71.8 cm³/mol. The van der Waals surface area contributed by atoms with Gasteiger partial charge in [0.15, 0.2) is 0 Å². The number of hydrogen-bond donors (Lipinski definition) is 0. The number of hydrogen-bond acceptors (Lipinski definition) is 5. The molecule has 0 saturated heterocycles. The Bertz CT molecular complexity index is 753. The van der Waals surface area contributed by atoms with E-state index in [9.17, 15) is 10.1 Å². The molecule has 6 heteroatoms. The van der Waals surface area contributed by atoms with E-state index in [1.54, 1.807) is 12.1 Å². The fourth-order valence-electron chi connectivity index (χ4n) is 1.80. The van der Waals surface area contributed by atoms with Gasteiger partial charge in [-0.05, 0) is 12.1 Å². The molecule has 20 heavy (non-hydrogen) atoms. The second-order valence-electron chi connectivity index (χ2n) is 4.10. The molecular weight excluding hydrogens is 258 g/mol. The molecule has 0 radical (unpaired) electrons. The minimum absolute atomic E-state index is 0.00596. The molecule has 0 aliphatic heterocycles. The van der Waals surface area contributed by atoms with E-state index in [0.29, 0.717) is 17.3 Å². The summed E-state index contributed by atoms with van der Waals surface area (Å²) in [5.41, 5.74) is 1.34. The predicted octanol–water partition coefficient (Wildman–Crippen LogP) is 3.31. The quantitative estimate of drug-likeness (QED) is 0.537. The zero-order chi connectivity index (χ0) is 13.9. The number of nitro benzene ring substituents is 1. The van der Waals surface area contributed by atoms with Gasteiger partial charge in [-0.2, -0.15) is 4.98 Å². The molecule has 98 valence electrons. The first-order valence-corrected chi connectivity index (χ1v) is 5.88. The van der Waals surface area contributed by atoms with Crippen molar-refractivity contribution in [2.24, 2.45) is 0 Å². The molecule has 0 amide bonds. The van der Waals surface area contributed by atoms with Gasteiger partial charge in [0.2, 0.25) is 5.82 Å². The lowest BCUT2D eigenvalue weighted by atomic mass is 10.2. The van der Waals surface area contributed by atoms with Gasteiger partial charge in [0, 0.05) is 23.3 Å². The Balaban J connectivity index is 1.98. The lowest BCUT2D eigenvalue weighted by Gasteiger charge is -1.94. The van der Waals surface area contributed by atoms with E-state index in [1.165, 1.54) is 12.1 Å². The third-order valence-corrected chi connectivity index (χ3v) is 2.76. The molecule has 0 saturated carbocycles. The molecule has 0 atom stereocenters. The summed E-state index contributed by atoms with van der Waals surface area (Å²) in [5, 5.41) is 14.6. The third-order valence-electron chi connectivity index (χ3n) is 2.76. The first-order chi connectivity index (χ1) is 9.74. The monoisotopic (exact) mass is 267 g/mol. The first kappa shape index (κ1) is 12.0. The largest absolute Gasteiger partial charge is 0.334 e. The van der Waals surface area contributed by atoms with Gasteiger partial charge in [0.25, 0.3) is 11.6 Å². The lowest BCUT2D eigenvalue weighted by molar-refractivity contribution is -0.384. The van der Waals surface area contributed by atoms with Crippen LogP contribution in [-0.4, -0.2) is 15.1 Å². The summed E-state index contributed by atoms with van der Waals surface area (Å²) < 4.78 is 5.17. The molecule has 0 bridgehead atoms. The number of aromatic nitrogens is 2. The first-order valence-electron chi connectivity index (χ1n) is 5.88. The van der Waals surface area contributed by atoms with E-state index in [4.69, 9.17) is 4.52 Å². The van der Waals surface area contributed by atoms with Gasteiger partial charge >= 0.3 is 0 Å².